The molecule has 0 aliphatic heterocycles. The minimum Gasteiger partial charge on any atom is -0.399 e. The Balaban J connectivity index is 1.98. The summed E-state index contributed by atoms with van der Waals surface area (Å²) in [4.78, 5) is 0. The molecule has 0 bridgehead atoms. The van der Waals surface area contributed by atoms with Crippen LogP contribution in [-0.4, -0.2) is 0 Å². The number of hydrogen-bond donors (Lipinski definition) is 1. The fraction of sp³-hybridized carbons (Fsp3) is 0.158. The molecular formula is C19H19N. The van der Waals surface area contributed by atoms with Crippen LogP contribution in [0.15, 0.2) is 66.3 Å². The molecule has 0 fully saturated rings. The Morgan fingerprint density at radius 1 is 0.900 bits per heavy atom. The van der Waals surface area contributed by atoms with Crippen molar-refractivity contribution in [2.24, 2.45) is 0 Å². The molecule has 0 aromatic heterocycles. The Bertz CT molecular complexity index is 675. The molecule has 2 aromatic rings. The Labute approximate surface area is 120 Å². The Hall–Kier alpha value is -2.28. The van der Waals surface area contributed by atoms with Crippen molar-refractivity contribution in [1.82, 2.24) is 0 Å². The third-order valence-corrected chi connectivity index (χ3v) is 3.74. The van der Waals surface area contributed by atoms with Crippen molar-refractivity contribution in [3.05, 3.63) is 71.8 Å². The van der Waals surface area contributed by atoms with Gasteiger partial charge in [-0.2, -0.15) is 0 Å². The summed E-state index contributed by atoms with van der Waals surface area (Å²) in [6, 6.07) is 16.8. The fourth-order valence-electron chi connectivity index (χ4n) is 2.61. The van der Waals surface area contributed by atoms with E-state index in [2.05, 4.69) is 55.5 Å². The first-order valence-corrected chi connectivity index (χ1v) is 7.06. The predicted molar refractivity (Wildman–Crippen MR) is 87.3 cm³/mol. The van der Waals surface area contributed by atoms with Crippen LogP contribution in [-0.2, 0) is 0 Å². The molecule has 2 N–H and O–H groups in total. The highest BCUT2D eigenvalue weighted by atomic mass is 14.5. The van der Waals surface area contributed by atoms with E-state index < -0.39 is 0 Å². The molecule has 0 radical (unpaired) electrons. The van der Waals surface area contributed by atoms with Gasteiger partial charge in [-0.15, -0.1) is 0 Å². The molecule has 1 nitrogen and oxygen atoms in total. The smallest absolute Gasteiger partial charge is 0.0314 e. The van der Waals surface area contributed by atoms with Crippen molar-refractivity contribution < 1.29 is 0 Å². The summed E-state index contributed by atoms with van der Waals surface area (Å²) in [5, 5.41) is 0. The molecule has 0 amide bonds. The standard InChI is InChI=1S/C19H19N/c1-14-4-2-5-16(12-14)18-7-3-6-17(13-18)15-8-10-19(20)11-9-15/h3,5-13H,2,4,20H2,1H3. The maximum Gasteiger partial charge on any atom is 0.0314 e. The van der Waals surface area contributed by atoms with E-state index in [9.17, 15) is 0 Å². The van der Waals surface area contributed by atoms with Crippen LogP contribution in [0.3, 0.4) is 0 Å². The van der Waals surface area contributed by atoms with Crippen LogP contribution in [0.1, 0.15) is 25.3 Å². The zero-order chi connectivity index (χ0) is 13.9. The van der Waals surface area contributed by atoms with E-state index >= 15 is 0 Å². The fourth-order valence-corrected chi connectivity index (χ4v) is 2.61. The molecule has 1 heteroatoms. The summed E-state index contributed by atoms with van der Waals surface area (Å²) in [5.41, 5.74) is 13.1. The summed E-state index contributed by atoms with van der Waals surface area (Å²) in [7, 11) is 0. The zero-order valence-electron chi connectivity index (χ0n) is 11.8. The topological polar surface area (TPSA) is 26.0 Å². The van der Waals surface area contributed by atoms with E-state index in [0.717, 1.165) is 12.1 Å². The van der Waals surface area contributed by atoms with Crippen molar-refractivity contribution in [1.29, 1.82) is 0 Å². The largest absolute Gasteiger partial charge is 0.399 e. The molecule has 2 aromatic carbocycles. The highest BCUT2D eigenvalue weighted by molar-refractivity contribution is 5.79. The normalized spacial score (nSPS) is 14.7. The van der Waals surface area contributed by atoms with E-state index in [4.69, 9.17) is 5.73 Å². The lowest BCUT2D eigenvalue weighted by Gasteiger charge is -2.12. The van der Waals surface area contributed by atoms with E-state index in [0.29, 0.717) is 0 Å². The molecule has 1 aliphatic carbocycles. The molecule has 0 saturated carbocycles. The zero-order valence-corrected chi connectivity index (χ0v) is 11.8. The average Bonchev–Trinajstić information content (AvgIpc) is 2.48. The summed E-state index contributed by atoms with van der Waals surface area (Å²) >= 11 is 0. The monoisotopic (exact) mass is 261 g/mol. The van der Waals surface area contributed by atoms with Crippen LogP contribution in [0, 0.1) is 0 Å². The molecule has 0 unspecified atom stereocenters. The van der Waals surface area contributed by atoms with Gasteiger partial charge in [0.1, 0.15) is 0 Å². The number of hydrogen-bond acceptors (Lipinski definition) is 1. The van der Waals surface area contributed by atoms with Gasteiger partial charge < -0.3 is 5.73 Å². The van der Waals surface area contributed by atoms with Gasteiger partial charge in [0.15, 0.2) is 0 Å². The van der Waals surface area contributed by atoms with E-state index in [-0.39, 0.29) is 0 Å². The number of rotatable bonds is 2. The third kappa shape index (κ3) is 2.67. The summed E-state index contributed by atoms with van der Waals surface area (Å²) in [6.45, 7) is 2.21. The van der Waals surface area contributed by atoms with Crippen LogP contribution in [0.5, 0.6) is 0 Å². The first-order chi connectivity index (χ1) is 9.72. The molecule has 100 valence electrons. The highest BCUT2D eigenvalue weighted by Crippen LogP contribution is 2.28. The molecule has 0 heterocycles. The van der Waals surface area contributed by atoms with E-state index in [1.807, 2.05) is 12.1 Å². The maximum atomic E-state index is 5.75. The first kappa shape index (κ1) is 12.7. The lowest BCUT2D eigenvalue weighted by molar-refractivity contribution is 0.966. The SMILES string of the molecule is CC1=CC(c2cccc(-c3ccc(N)cc3)c2)=CCC1. The molecule has 1 aliphatic rings. The van der Waals surface area contributed by atoms with Gasteiger partial charge >= 0.3 is 0 Å². The summed E-state index contributed by atoms with van der Waals surface area (Å²) in [5.74, 6) is 0. The Morgan fingerprint density at radius 3 is 2.40 bits per heavy atom. The number of nitrogens with two attached hydrogens (primary N) is 1. The maximum absolute atomic E-state index is 5.75. The van der Waals surface area contributed by atoms with Crippen molar-refractivity contribution in [2.75, 3.05) is 5.73 Å². The molecule has 0 atom stereocenters. The quantitative estimate of drug-likeness (QED) is 0.751. The number of nitrogen functional groups attached to an aromatic ring is 1. The average molecular weight is 261 g/mol. The van der Waals surface area contributed by atoms with Crippen molar-refractivity contribution in [2.45, 2.75) is 19.8 Å². The Morgan fingerprint density at radius 2 is 1.65 bits per heavy atom. The van der Waals surface area contributed by atoms with Gasteiger partial charge in [-0.3, -0.25) is 0 Å². The van der Waals surface area contributed by atoms with Gasteiger partial charge in [-0.25, -0.2) is 0 Å². The molecule has 3 rings (SSSR count). The summed E-state index contributed by atoms with van der Waals surface area (Å²) < 4.78 is 0. The van der Waals surface area contributed by atoms with Gasteiger partial charge in [0, 0.05) is 5.69 Å². The first-order valence-electron chi connectivity index (χ1n) is 7.06. The van der Waals surface area contributed by atoms with E-state index in [1.165, 1.54) is 34.3 Å². The van der Waals surface area contributed by atoms with Crippen LogP contribution in [0.25, 0.3) is 16.7 Å². The number of allylic oxidation sites excluding steroid dienone is 4. The van der Waals surface area contributed by atoms with Crippen molar-refractivity contribution >= 4 is 11.3 Å². The predicted octanol–water partition coefficient (Wildman–Crippen LogP) is 5.06. The van der Waals surface area contributed by atoms with E-state index in [1.54, 1.807) is 0 Å². The van der Waals surface area contributed by atoms with Crippen LogP contribution < -0.4 is 5.73 Å². The van der Waals surface area contributed by atoms with Gasteiger partial charge in [-0.05, 0) is 60.2 Å². The second kappa shape index (κ2) is 5.38. The van der Waals surface area contributed by atoms with Crippen LogP contribution in [0.4, 0.5) is 5.69 Å². The molecular weight excluding hydrogens is 242 g/mol. The van der Waals surface area contributed by atoms with Gasteiger partial charge in [0.05, 0.1) is 0 Å². The Kier molecular flexibility index (Phi) is 3.42. The molecule has 0 saturated heterocycles. The lowest BCUT2D eigenvalue weighted by atomic mass is 9.93. The van der Waals surface area contributed by atoms with Gasteiger partial charge in [-0.1, -0.05) is 48.1 Å². The van der Waals surface area contributed by atoms with Crippen molar-refractivity contribution in [3.8, 4) is 11.1 Å². The minimum atomic E-state index is 0.804. The van der Waals surface area contributed by atoms with Gasteiger partial charge in [0.2, 0.25) is 0 Å². The van der Waals surface area contributed by atoms with Crippen LogP contribution in [0.2, 0.25) is 0 Å². The third-order valence-electron chi connectivity index (χ3n) is 3.74. The summed E-state index contributed by atoms with van der Waals surface area (Å²) in [6.07, 6.45) is 6.95. The highest BCUT2D eigenvalue weighted by Gasteiger charge is 2.06. The second-order valence-electron chi connectivity index (χ2n) is 5.39. The second-order valence-corrected chi connectivity index (χ2v) is 5.39. The number of benzene rings is 2. The lowest BCUT2D eigenvalue weighted by Crippen LogP contribution is -1.90. The van der Waals surface area contributed by atoms with Crippen molar-refractivity contribution in [3.63, 3.8) is 0 Å². The van der Waals surface area contributed by atoms with Gasteiger partial charge in [0.25, 0.3) is 0 Å². The molecule has 20 heavy (non-hydrogen) atoms. The minimum absolute atomic E-state index is 0.804. The number of anilines is 1. The molecule has 0 spiro atoms. The van der Waals surface area contributed by atoms with Crippen LogP contribution >= 0.6 is 0 Å².